The van der Waals surface area contributed by atoms with Gasteiger partial charge in [0.15, 0.2) is 5.78 Å². The highest BCUT2D eigenvalue weighted by molar-refractivity contribution is 8.00. The Morgan fingerprint density at radius 1 is 1.58 bits per heavy atom. The van der Waals surface area contributed by atoms with Crippen LogP contribution in [0.2, 0.25) is 0 Å². The van der Waals surface area contributed by atoms with Gasteiger partial charge in [0.2, 0.25) is 0 Å². The molecule has 1 aliphatic carbocycles. The topological polar surface area (TPSA) is 17.1 Å². The minimum Gasteiger partial charge on any atom is -0.293 e. The molecule has 1 fully saturated rings. The van der Waals surface area contributed by atoms with Crippen molar-refractivity contribution in [3.8, 4) is 0 Å². The van der Waals surface area contributed by atoms with Gasteiger partial charge in [-0.3, -0.25) is 4.79 Å². The highest BCUT2D eigenvalue weighted by atomic mass is 32.2. The molecule has 0 bridgehead atoms. The molecule has 0 radical (unpaired) electrons. The molecule has 1 aromatic heterocycles. The summed E-state index contributed by atoms with van der Waals surface area (Å²) in [7, 11) is 0. The van der Waals surface area contributed by atoms with Crippen molar-refractivity contribution in [2.24, 2.45) is 5.92 Å². The van der Waals surface area contributed by atoms with Crippen molar-refractivity contribution in [2.75, 3.05) is 6.26 Å². The lowest BCUT2D eigenvalue weighted by molar-refractivity contribution is 0.0971. The van der Waals surface area contributed by atoms with Crippen LogP contribution >= 0.6 is 23.1 Å². The van der Waals surface area contributed by atoms with E-state index in [4.69, 9.17) is 0 Å². The van der Waals surface area contributed by atoms with Crippen LogP contribution in [0.15, 0.2) is 16.3 Å². The number of thiophene rings is 1. The highest BCUT2D eigenvalue weighted by Crippen LogP contribution is 2.35. The standard InChI is InChI=1S/C9H10OS2/c1-11-8-5-4-7(12-8)9(10)6-2-3-6/h4-6H,2-3H2,1H3. The molecule has 0 spiro atoms. The Morgan fingerprint density at radius 2 is 2.33 bits per heavy atom. The van der Waals surface area contributed by atoms with Crippen molar-refractivity contribution in [2.45, 2.75) is 17.1 Å². The van der Waals surface area contributed by atoms with Gasteiger partial charge in [-0.25, -0.2) is 0 Å². The molecule has 1 nitrogen and oxygen atoms in total. The van der Waals surface area contributed by atoms with Crippen LogP contribution in [-0.4, -0.2) is 12.0 Å². The monoisotopic (exact) mass is 198 g/mol. The number of carbonyl (C=O) groups is 1. The van der Waals surface area contributed by atoms with Crippen LogP contribution in [0.4, 0.5) is 0 Å². The van der Waals surface area contributed by atoms with Crippen molar-refractivity contribution < 1.29 is 4.79 Å². The number of ketones is 1. The van der Waals surface area contributed by atoms with Gasteiger partial charge in [-0.05, 0) is 31.2 Å². The molecule has 0 unspecified atom stereocenters. The van der Waals surface area contributed by atoms with Gasteiger partial charge in [-0.1, -0.05) is 0 Å². The second-order valence-electron chi connectivity index (χ2n) is 2.96. The molecule has 12 heavy (non-hydrogen) atoms. The summed E-state index contributed by atoms with van der Waals surface area (Å²) in [6.45, 7) is 0. The van der Waals surface area contributed by atoms with Gasteiger partial charge in [0.1, 0.15) is 0 Å². The van der Waals surface area contributed by atoms with E-state index in [9.17, 15) is 4.79 Å². The Hall–Kier alpha value is -0.280. The van der Waals surface area contributed by atoms with E-state index in [0.717, 1.165) is 17.7 Å². The molecule has 0 aliphatic heterocycles. The van der Waals surface area contributed by atoms with Crippen LogP contribution in [0.25, 0.3) is 0 Å². The van der Waals surface area contributed by atoms with E-state index in [2.05, 4.69) is 0 Å². The van der Waals surface area contributed by atoms with Crippen molar-refractivity contribution in [3.63, 3.8) is 0 Å². The molecule has 0 aromatic carbocycles. The van der Waals surface area contributed by atoms with Crippen LogP contribution in [0, 0.1) is 5.92 Å². The average molecular weight is 198 g/mol. The third-order valence-electron chi connectivity index (χ3n) is 1.97. The molecule has 2 rings (SSSR count). The van der Waals surface area contributed by atoms with Crippen LogP contribution < -0.4 is 0 Å². The van der Waals surface area contributed by atoms with Gasteiger partial charge in [0.05, 0.1) is 9.09 Å². The smallest absolute Gasteiger partial charge is 0.175 e. The Kier molecular flexibility index (Phi) is 2.24. The summed E-state index contributed by atoms with van der Waals surface area (Å²) in [5, 5.41) is 0. The maximum Gasteiger partial charge on any atom is 0.175 e. The second-order valence-corrected chi connectivity index (χ2v) is 5.15. The summed E-state index contributed by atoms with van der Waals surface area (Å²) in [4.78, 5) is 12.5. The zero-order valence-electron chi connectivity index (χ0n) is 6.87. The van der Waals surface area contributed by atoms with Gasteiger partial charge < -0.3 is 0 Å². The molecule has 0 saturated heterocycles. The third-order valence-corrected chi connectivity index (χ3v) is 4.16. The molecule has 1 saturated carbocycles. The van der Waals surface area contributed by atoms with Gasteiger partial charge in [0, 0.05) is 5.92 Å². The van der Waals surface area contributed by atoms with E-state index in [1.165, 1.54) is 4.21 Å². The maximum atomic E-state index is 11.5. The number of carbonyl (C=O) groups excluding carboxylic acids is 1. The Labute approximate surface area is 80.2 Å². The minimum absolute atomic E-state index is 0.360. The second kappa shape index (κ2) is 3.23. The molecule has 1 heterocycles. The van der Waals surface area contributed by atoms with Crippen LogP contribution in [0.5, 0.6) is 0 Å². The van der Waals surface area contributed by atoms with Gasteiger partial charge in [-0.15, -0.1) is 23.1 Å². The van der Waals surface area contributed by atoms with Crippen molar-refractivity contribution >= 4 is 28.9 Å². The lowest BCUT2D eigenvalue weighted by Gasteiger charge is -1.90. The lowest BCUT2D eigenvalue weighted by atomic mass is 10.2. The first kappa shape index (κ1) is 8.32. The first-order valence-electron chi connectivity index (χ1n) is 3.99. The predicted octanol–water partition coefficient (Wildman–Crippen LogP) is 3.06. The summed E-state index contributed by atoms with van der Waals surface area (Å²) in [5.74, 6) is 0.721. The van der Waals surface area contributed by atoms with E-state index in [0.29, 0.717) is 11.7 Å². The van der Waals surface area contributed by atoms with Crippen molar-refractivity contribution in [3.05, 3.63) is 17.0 Å². The van der Waals surface area contributed by atoms with Crippen molar-refractivity contribution in [1.82, 2.24) is 0 Å². The fourth-order valence-electron chi connectivity index (χ4n) is 1.11. The average Bonchev–Trinajstić information content (AvgIpc) is 2.82. The number of rotatable bonds is 3. The molecule has 3 heteroatoms. The van der Waals surface area contributed by atoms with Crippen LogP contribution in [-0.2, 0) is 0 Å². The quantitative estimate of drug-likeness (QED) is 0.548. The van der Waals surface area contributed by atoms with E-state index in [1.807, 2.05) is 18.4 Å². The van der Waals surface area contributed by atoms with Crippen molar-refractivity contribution in [1.29, 1.82) is 0 Å². The molecule has 0 atom stereocenters. The predicted molar refractivity (Wildman–Crippen MR) is 53.2 cm³/mol. The first-order chi connectivity index (χ1) is 5.81. The van der Waals surface area contributed by atoms with E-state index >= 15 is 0 Å². The Balaban J connectivity index is 2.16. The van der Waals surface area contributed by atoms with Gasteiger partial charge in [0.25, 0.3) is 0 Å². The fourth-order valence-corrected chi connectivity index (χ4v) is 2.67. The summed E-state index contributed by atoms with van der Waals surface area (Å²) >= 11 is 3.33. The number of hydrogen-bond donors (Lipinski definition) is 0. The Bertz CT molecular complexity index is 299. The molecule has 64 valence electrons. The molecular weight excluding hydrogens is 188 g/mol. The van der Waals surface area contributed by atoms with Crippen LogP contribution in [0.3, 0.4) is 0 Å². The summed E-state index contributed by atoms with van der Waals surface area (Å²) in [6.07, 6.45) is 4.24. The summed E-state index contributed by atoms with van der Waals surface area (Å²) in [6, 6.07) is 3.99. The zero-order valence-corrected chi connectivity index (χ0v) is 8.50. The number of Topliss-reactive ketones (excluding diaryl/α,β-unsaturated/α-hetero) is 1. The van der Waals surface area contributed by atoms with Gasteiger partial charge in [-0.2, -0.15) is 0 Å². The normalized spacial score (nSPS) is 16.4. The minimum atomic E-state index is 0.360. The van der Waals surface area contributed by atoms with E-state index in [-0.39, 0.29) is 0 Å². The van der Waals surface area contributed by atoms with Crippen LogP contribution in [0.1, 0.15) is 22.5 Å². The Morgan fingerprint density at radius 3 is 2.83 bits per heavy atom. The number of thioether (sulfide) groups is 1. The highest BCUT2D eigenvalue weighted by Gasteiger charge is 2.31. The first-order valence-corrected chi connectivity index (χ1v) is 6.03. The number of hydrogen-bond acceptors (Lipinski definition) is 3. The van der Waals surface area contributed by atoms with E-state index < -0.39 is 0 Å². The molecule has 0 N–H and O–H groups in total. The SMILES string of the molecule is CSc1ccc(C(=O)C2CC2)s1. The fraction of sp³-hybridized carbons (Fsp3) is 0.444. The lowest BCUT2D eigenvalue weighted by Crippen LogP contribution is -1.96. The summed E-state index contributed by atoms with van der Waals surface area (Å²) < 4.78 is 1.24. The molecular formula is C9H10OS2. The van der Waals surface area contributed by atoms with Gasteiger partial charge >= 0.3 is 0 Å². The molecule has 1 aliphatic rings. The molecule has 0 amide bonds. The summed E-state index contributed by atoms with van der Waals surface area (Å²) in [5.41, 5.74) is 0. The van der Waals surface area contributed by atoms with E-state index in [1.54, 1.807) is 23.1 Å². The largest absolute Gasteiger partial charge is 0.293 e. The third kappa shape index (κ3) is 1.57. The molecule has 1 aromatic rings. The maximum absolute atomic E-state index is 11.5. The zero-order chi connectivity index (χ0) is 8.55.